The van der Waals surface area contributed by atoms with Gasteiger partial charge in [0.2, 0.25) is 11.8 Å². The van der Waals surface area contributed by atoms with Crippen molar-refractivity contribution in [2.24, 2.45) is 11.8 Å². The maximum Gasteiger partial charge on any atom is 0.224 e. The van der Waals surface area contributed by atoms with Gasteiger partial charge in [-0.05, 0) is 38.8 Å². The molecule has 0 aromatic rings. The largest absolute Gasteiger partial charge is 0.355 e. The van der Waals surface area contributed by atoms with E-state index in [0.717, 1.165) is 63.4 Å². The van der Waals surface area contributed by atoms with Crippen molar-refractivity contribution in [3.8, 4) is 0 Å². The molecule has 138 valence electrons. The van der Waals surface area contributed by atoms with E-state index in [1.54, 1.807) is 21.6 Å². The average Bonchev–Trinajstić information content (AvgIpc) is 2.65. The Morgan fingerprint density at radius 1 is 0.833 bits per heavy atom. The van der Waals surface area contributed by atoms with E-state index in [4.69, 9.17) is 0 Å². The Hall–Kier alpha value is -0.440. The lowest BCUT2D eigenvalue weighted by Crippen LogP contribution is -2.41. The van der Waals surface area contributed by atoms with Gasteiger partial charge in [-0.25, -0.2) is 0 Å². The zero-order valence-electron chi connectivity index (χ0n) is 14.3. The minimum absolute atomic E-state index is 0.140. The molecule has 2 heterocycles. The van der Waals surface area contributed by atoms with Crippen molar-refractivity contribution < 1.29 is 9.59 Å². The zero-order valence-corrected chi connectivity index (χ0v) is 15.9. The van der Waals surface area contributed by atoms with Gasteiger partial charge in [0.25, 0.3) is 0 Å². The van der Waals surface area contributed by atoms with Crippen LogP contribution >= 0.6 is 21.6 Å². The highest BCUT2D eigenvalue weighted by Crippen LogP contribution is 2.19. The molecule has 24 heavy (non-hydrogen) atoms. The molecule has 6 nitrogen and oxygen atoms in total. The van der Waals surface area contributed by atoms with Crippen molar-refractivity contribution in [2.75, 3.05) is 50.8 Å². The molecule has 2 aliphatic heterocycles. The van der Waals surface area contributed by atoms with E-state index in [2.05, 4.69) is 21.3 Å². The summed E-state index contributed by atoms with van der Waals surface area (Å²) in [4.78, 5) is 23.9. The van der Waals surface area contributed by atoms with Crippen LogP contribution in [-0.2, 0) is 9.59 Å². The van der Waals surface area contributed by atoms with Crippen molar-refractivity contribution in [2.45, 2.75) is 25.7 Å². The Morgan fingerprint density at radius 3 is 1.67 bits per heavy atom. The number of nitrogens with one attached hydrogen (secondary N) is 4. The summed E-state index contributed by atoms with van der Waals surface area (Å²) in [5, 5.41) is 12.6. The molecule has 8 heteroatoms. The lowest BCUT2D eigenvalue weighted by molar-refractivity contribution is -0.126. The molecule has 2 amide bonds. The molecule has 4 N–H and O–H groups in total. The van der Waals surface area contributed by atoms with Gasteiger partial charge >= 0.3 is 0 Å². The Balaban J connectivity index is 1.40. The van der Waals surface area contributed by atoms with Gasteiger partial charge in [-0.15, -0.1) is 0 Å². The highest BCUT2D eigenvalue weighted by Gasteiger charge is 2.21. The molecule has 2 rings (SSSR count). The summed E-state index contributed by atoms with van der Waals surface area (Å²) in [7, 11) is 3.50. The second kappa shape index (κ2) is 12.0. The van der Waals surface area contributed by atoms with Gasteiger partial charge in [0, 0.05) is 37.7 Å². The second-order valence-electron chi connectivity index (χ2n) is 6.31. The number of piperidine rings is 2. The fraction of sp³-hybridized carbons (Fsp3) is 0.875. The Kier molecular flexibility index (Phi) is 9.94. The third-order valence-corrected chi connectivity index (χ3v) is 6.80. The van der Waals surface area contributed by atoms with Crippen molar-refractivity contribution in [3.05, 3.63) is 0 Å². The van der Waals surface area contributed by atoms with Crippen molar-refractivity contribution in [3.63, 3.8) is 0 Å². The second-order valence-corrected chi connectivity index (χ2v) is 9.01. The molecule has 0 saturated carbocycles. The summed E-state index contributed by atoms with van der Waals surface area (Å²) in [6.07, 6.45) is 4.17. The molecule has 0 spiro atoms. The van der Waals surface area contributed by atoms with E-state index in [-0.39, 0.29) is 23.7 Å². The Bertz CT molecular complexity index is 350. The van der Waals surface area contributed by atoms with Crippen LogP contribution in [0.25, 0.3) is 0 Å². The van der Waals surface area contributed by atoms with Crippen LogP contribution in [0, 0.1) is 11.8 Å². The Morgan fingerprint density at radius 2 is 1.29 bits per heavy atom. The van der Waals surface area contributed by atoms with Crippen LogP contribution in [-0.4, -0.2) is 62.6 Å². The molecule has 2 atom stereocenters. The molecule has 2 fully saturated rings. The number of hydrogen-bond donors (Lipinski definition) is 4. The third-order valence-electron chi connectivity index (χ3n) is 4.39. The van der Waals surface area contributed by atoms with Crippen LogP contribution in [0.1, 0.15) is 25.7 Å². The van der Waals surface area contributed by atoms with E-state index < -0.39 is 0 Å². The molecular weight excluding hydrogens is 344 g/mol. The molecule has 0 radical (unpaired) electrons. The summed E-state index contributed by atoms with van der Waals surface area (Å²) in [6, 6.07) is 0. The summed E-state index contributed by atoms with van der Waals surface area (Å²) in [6.45, 7) is 5.11. The van der Waals surface area contributed by atoms with Gasteiger partial charge in [-0.1, -0.05) is 21.6 Å². The van der Waals surface area contributed by atoms with E-state index in [1.807, 2.05) is 0 Å². The van der Waals surface area contributed by atoms with Gasteiger partial charge < -0.3 is 21.3 Å². The standard InChI is InChI=1S/C16H30N4O2S2/c21-15(13-3-1-5-17-11-13)19-7-9-23-24-10-8-20-16(22)14-4-2-6-18-12-14/h13-14,17-18H,1-12H2,(H,19,21)(H,20,22)/t13-,14-/m0/s1. The highest BCUT2D eigenvalue weighted by atomic mass is 33.1. The van der Waals surface area contributed by atoms with Crippen LogP contribution in [0.3, 0.4) is 0 Å². The molecule has 0 bridgehead atoms. The minimum atomic E-state index is 0.140. The monoisotopic (exact) mass is 374 g/mol. The first kappa shape index (κ1) is 19.9. The van der Waals surface area contributed by atoms with Crippen molar-refractivity contribution >= 4 is 33.4 Å². The maximum atomic E-state index is 11.9. The Labute approximate surface area is 152 Å². The van der Waals surface area contributed by atoms with Gasteiger partial charge in [-0.2, -0.15) is 0 Å². The molecule has 2 aliphatic rings. The van der Waals surface area contributed by atoms with Gasteiger partial charge in [0.05, 0.1) is 11.8 Å². The summed E-state index contributed by atoms with van der Waals surface area (Å²) in [5.41, 5.74) is 0. The third kappa shape index (κ3) is 7.63. The fourth-order valence-corrected chi connectivity index (χ4v) is 4.80. The topological polar surface area (TPSA) is 82.3 Å². The average molecular weight is 375 g/mol. The molecule has 0 aromatic heterocycles. The summed E-state index contributed by atoms with van der Waals surface area (Å²) in [5.74, 6) is 2.44. The van der Waals surface area contributed by atoms with Crippen LogP contribution in [0.2, 0.25) is 0 Å². The smallest absolute Gasteiger partial charge is 0.224 e. The zero-order chi connectivity index (χ0) is 17.0. The first-order valence-electron chi connectivity index (χ1n) is 8.98. The molecule has 0 aliphatic carbocycles. The fourth-order valence-electron chi connectivity index (χ4n) is 2.99. The van der Waals surface area contributed by atoms with E-state index in [9.17, 15) is 9.59 Å². The number of carbonyl (C=O) groups excluding carboxylic acids is 2. The predicted octanol–water partition coefficient (Wildman–Crippen LogP) is 0.599. The molecule has 0 unspecified atom stereocenters. The maximum absolute atomic E-state index is 11.9. The summed E-state index contributed by atoms with van der Waals surface area (Å²) < 4.78 is 0. The van der Waals surface area contributed by atoms with Crippen molar-refractivity contribution in [1.29, 1.82) is 0 Å². The van der Waals surface area contributed by atoms with Crippen LogP contribution < -0.4 is 21.3 Å². The van der Waals surface area contributed by atoms with Crippen LogP contribution in [0.5, 0.6) is 0 Å². The SMILES string of the molecule is O=C(NCCSSCCNC(=O)[C@H]1CCCNC1)[C@H]1CCCNC1. The lowest BCUT2D eigenvalue weighted by atomic mass is 9.99. The molecule has 2 saturated heterocycles. The van der Waals surface area contributed by atoms with Crippen LogP contribution in [0.15, 0.2) is 0 Å². The predicted molar refractivity (Wildman–Crippen MR) is 102 cm³/mol. The first-order valence-corrected chi connectivity index (χ1v) is 11.5. The highest BCUT2D eigenvalue weighted by molar-refractivity contribution is 8.76. The number of rotatable bonds is 9. The normalized spacial score (nSPS) is 24.3. The molecular formula is C16H30N4O2S2. The van der Waals surface area contributed by atoms with E-state index in [0.29, 0.717) is 13.1 Å². The van der Waals surface area contributed by atoms with Crippen molar-refractivity contribution in [1.82, 2.24) is 21.3 Å². The van der Waals surface area contributed by atoms with E-state index >= 15 is 0 Å². The van der Waals surface area contributed by atoms with Crippen LogP contribution in [0.4, 0.5) is 0 Å². The van der Waals surface area contributed by atoms with Gasteiger partial charge in [0.1, 0.15) is 0 Å². The number of carbonyl (C=O) groups is 2. The van der Waals surface area contributed by atoms with Gasteiger partial charge in [0.15, 0.2) is 0 Å². The molecule has 0 aromatic carbocycles. The quantitative estimate of drug-likeness (QED) is 0.350. The minimum Gasteiger partial charge on any atom is -0.355 e. The van der Waals surface area contributed by atoms with E-state index in [1.165, 1.54) is 0 Å². The lowest BCUT2D eigenvalue weighted by Gasteiger charge is -2.22. The van der Waals surface area contributed by atoms with Gasteiger partial charge in [-0.3, -0.25) is 9.59 Å². The summed E-state index contributed by atoms with van der Waals surface area (Å²) >= 11 is 0. The number of amides is 2. The number of hydrogen-bond acceptors (Lipinski definition) is 6. The first-order chi connectivity index (χ1) is 11.8.